The standard InChI is InChI=1S/C14H27N3O3/c1-9-7-17(8-10(2)20-9)11(3)12(18)15-13(19)16-14(4,5)6/h9-11H,7-8H2,1-6H3,(H2,15,16,18,19)/p+1/t9-,10-,11-/m0/s1. The van der Waals surface area contributed by atoms with Crippen LogP contribution in [0.5, 0.6) is 0 Å². The van der Waals surface area contributed by atoms with Crippen molar-refractivity contribution in [2.24, 2.45) is 0 Å². The molecule has 1 heterocycles. The van der Waals surface area contributed by atoms with Gasteiger partial charge in [0.05, 0.1) is 0 Å². The summed E-state index contributed by atoms with van der Waals surface area (Å²) in [6.07, 6.45) is 0.264. The van der Waals surface area contributed by atoms with E-state index >= 15 is 0 Å². The van der Waals surface area contributed by atoms with Crippen LogP contribution in [-0.4, -0.2) is 48.8 Å². The first kappa shape index (κ1) is 16.9. The van der Waals surface area contributed by atoms with Crippen LogP contribution in [-0.2, 0) is 9.53 Å². The molecular formula is C14H28N3O3+. The molecule has 1 saturated heterocycles. The van der Waals surface area contributed by atoms with Crippen LogP contribution in [0.3, 0.4) is 0 Å². The van der Waals surface area contributed by atoms with E-state index in [1.165, 1.54) is 0 Å². The fourth-order valence-electron chi connectivity index (χ4n) is 2.45. The second-order valence-corrected chi connectivity index (χ2v) is 6.74. The number of urea groups is 1. The highest BCUT2D eigenvalue weighted by Gasteiger charge is 2.33. The van der Waals surface area contributed by atoms with Gasteiger partial charge in [-0.2, -0.15) is 0 Å². The van der Waals surface area contributed by atoms with Crippen LogP contribution < -0.4 is 15.5 Å². The predicted octanol–water partition coefficient (Wildman–Crippen LogP) is -0.309. The average molecular weight is 286 g/mol. The topological polar surface area (TPSA) is 71.9 Å². The molecule has 0 aromatic rings. The summed E-state index contributed by atoms with van der Waals surface area (Å²) < 4.78 is 5.66. The maximum absolute atomic E-state index is 12.1. The second kappa shape index (κ2) is 6.54. The van der Waals surface area contributed by atoms with Crippen LogP contribution in [0.1, 0.15) is 41.5 Å². The molecule has 0 radical (unpaired) electrons. The Bertz CT molecular complexity index is 355. The van der Waals surface area contributed by atoms with Crippen LogP contribution in [0.4, 0.5) is 4.79 Å². The van der Waals surface area contributed by atoms with Crippen molar-refractivity contribution in [1.82, 2.24) is 10.6 Å². The fourth-order valence-corrected chi connectivity index (χ4v) is 2.45. The summed E-state index contributed by atoms with van der Waals surface area (Å²) in [6.45, 7) is 13.0. The summed E-state index contributed by atoms with van der Waals surface area (Å²) in [5.74, 6) is -0.247. The zero-order chi connectivity index (χ0) is 15.5. The average Bonchev–Trinajstić information content (AvgIpc) is 2.23. The van der Waals surface area contributed by atoms with Gasteiger partial charge in [0.15, 0.2) is 6.04 Å². The summed E-state index contributed by atoms with van der Waals surface area (Å²) in [5, 5.41) is 5.13. The smallest absolute Gasteiger partial charge is 0.322 e. The fraction of sp³-hybridized carbons (Fsp3) is 0.857. The van der Waals surface area contributed by atoms with Gasteiger partial charge >= 0.3 is 6.03 Å². The Morgan fingerprint density at radius 1 is 1.20 bits per heavy atom. The Hall–Kier alpha value is -1.14. The highest BCUT2D eigenvalue weighted by Crippen LogP contribution is 2.00. The molecule has 0 aromatic heterocycles. The van der Waals surface area contributed by atoms with Crippen molar-refractivity contribution >= 4 is 11.9 Å². The molecule has 0 aromatic carbocycles. The minimum absolute atomic E-state index is 0.132. The molecule has 1 aliphatic heterocycles. The maximum atomic E-state index is 12.1. The zero-order valence-corrected chi connectivity index (χ0v) is 13.4. The number of ether oxygens (including phenoxy) is 1. The number of hydrogen-bond donors (Lipinski definition) is 3. The number of nitrogens with one attached hydrogen (secondary N) is 3. The van der Waals surface area contributed by atoms with Crippen LogP contribution in [0.15, 0.2) is 0 Å². The van der Waals surface area contributed by atoms with Crippen molar-refractivity contribution in [2.45, 2.75) is 65.3 Å². The maximum Gasteiger partial charge on any atom is 0.322 e. The quantitative estimate of drug-likeness (QED) is 0.652. The van der Waals surface area contributed by atoms with Gasteiger partial charge in [0.1, 0.15) is 25.3 Å². The van der Waals surface area contributed by atoms with Gasteiger partial charge in [-0.1, -0.05) is 0 Å². The van der Waals surface area contributed by atoms with Crippen LogP contribution in [0.25, 0.3) is 0 Å². The summed E-state index contributed by atoms with van der Waals surface area (Å²) in [6, 6.07) is -0.711. The molecule has 0 unspecified atom stereocenters. The molecule has 0 spiro atoms. The number of amides is 3. The Morgan fingerprint density at radius 2 is 1.70 bits per heavy atom. The number of quaternary nitrogens is 1. The van der Waals surface area contributed by atoms with Crippen LogP contribution in [0, 0.1) is 0 Å². The lowest BCUT2D eigenvalue weighted by molar-refractivity contribution is -0.928. The summed E-state index contributed by atoms with van der Waals surface area (Å²) in [7, 11) is 0. The summed E-state index contributed by atoms with van der Waals surface area (Å²) in [5.41, 5.74) is -0.359. The number of morpholine rings is 1. The number of carbonyl (C=O) groups excluding carboxylic acids is 2. The van der Waals surface area contributed by atoms with Gasteiger partial charge in [-0.3, -0.25) is 10.1 Å². The Balaban J connectivity index is 2.52. The van der Waals surface area contributed by atoms with Crippen molar-refractivity contribution < 1.29 is 19.2 Å². The van der Waals surface area contributed by atoms with E-state index in [9.17, 15) is 9.59 Å². The monoisotopic (exact) mass is 286 g/mol. The molecule has 6 nitrogen and oxygen atoms in total. The van der Waals surface area contributed by atoms with Gasteiger partial charge < -0.3 is 15.0 Å². The lowest BCUT2D eigenvalue weighted by Crippen LogP contribution is -3.19. The van der Waals surface area contributed by atoms with E-state index in [-0.39, 0.29) is 29.7 Å². The Morgan fingerprint density at radius 3 is 2.15 bits per heavy atom. The number of rotatable bonds is 2. The van der Waals surface area contributed by atoms with E-state index in [0.29, 0.717) is 0 Å². The Labute approximate surface area is 121 Å². The Kier molecular flexibility index (Phi) is 5.53. The first-order valence-electron chi connectivity index (χ1n) is 7.21. The van der Waals surface area contributed by atoms with E-state index < -0.39 is 6.03 Å². The third kappa shape index (κ3) is 5.46. The molecule has 1 aliphatic rings. The largest absolute Gasteiger partial charge is 0.364 e. The van der Waals surface area contributed by atoms with Crippen LogP contribution in [0.2, 0.25) is 0 Å². The lowest BCUT2D eigenvalue weighted by Gasteiger charge is -2.35. The van der Waals surface area contributed by atoms with Gasteiger partial charge in [0.25, 0.3) is 5.91 Å². The zero-order valence-electron chi connectivity index (χ0n) is 13.4. The first-order valence-corrected chi connectivity index (χ1v) is 7.21. The van der Waals surface area contributed by atoms with Gasteiger partial charge in [0.2, 0.25) is 0 Å². The van der Waals surface area contributed by atoms with E-state index in [1.807, 2.05) is 41.5 Å². The van der Waals surface area contributed by atoms with E-state index in [2.05, 4.69) is 10.6 Å². The van der Waals surface area contributed by atoms with Gasteiger partial charge in [-0.25, -0.2) is 4.79 Å². The van der Waals surface area contributed by atoms with Gasteiger partial charge in [-0.15, -0.1) is 0 Å². The van der Waals surface area contributed by atoms with Crippen molar-refractivity contribution in [3.8, 4) is 0 Å². The highest BCUT2D eigenvalue weighted by atomic mass is 16.5. The predicted molar refractivity (Wildman–Crippen MR) is 76.6 cm³/mol. The molecule has 1 fully saturated rings. The van der Waals surface area contributed by atoms with Gasteiger partial charge in [0, 0.05) is 5.54 Å². The molecule has 116 valence electrons. The van der Waals surface area contributed by atoms with Crippen molar-refractivity contribution in [3.63, 3.8) is 0 Å². The summed E-state index contributed by atoms with van der Waals surface area (Å²) in [4.78, 5) is 25.0. The molecule has 6 heteroatoms. The second-order valence-electron chi connectivity index (χ2n) is 6.74. The number of carbonyl (C=O) groups is 2. The third-order valence-corrected chi connectivity index (χ3v) is 3.29. The molecule has 3 amide bonds. The molecule has 0 aliphatic carbocycles. The molecular weight excluding hydrogens is 258 g/mol. The summed E-state index contributed by atoms with van der Waals surface area (Å²) >= 11 is 0. The molecule has 0 bridgehead atoms. The number of hydrogen-bond acceptors (Lipinski definition) is 3. The SMILES string of the molecule is C[C@H]1C[NH+]([C@@H](C)C(=O)NC(=O)NC(C)(C)C)C[C@H](C)O1. The molecule has 3 N–H and O–H groups in total. The van der Waals surface area contributed by atoms with E-state index in [0.717, 1.165) is 18.0 Å². The van der Waals surface area contributed by atoms with Crippen LogP contribution >= 0.6 is 0 Å². The van der Waals surface area contributed by atoms with Crippen molar-refractivity contribution in [2.75, 3.05) is 13.1 Å². The number of imide groups is 1. The minimum atomic E-state index is -0.442. The van der Waals surface area contributed by atoms with Gasteiger partial charge in [-0.05, 0) is 41.5 Å². The molecule has 3 atom stereocenters. The van der Waals surface area contributed by atoms with Crippen molar-refractivity contribution in [3.05, 3.63) is 0 Å². The third-order valence-electron chi connectivity index (χ3n) is 3.29. The first-order chi connectivity index (χ1) is 9.08. The highest BCUT2D eigenvalue weighted by molar-refractivity contribution is 5.96. The van der Waals surface area contributed by atoms with E-state index in [4.69, 9.17) is 4.74 Å². The van der Waals surface area contributed by atoms with E-state index in [1.54, 1.807) is 0 Å². The van der Waals surface area contributed by atoms with Crippen molar-refractivity contribution in [1.29, 1.82) is 0 Å². The molecule has 20 heavy (non-hydrogen) atoms. The minimum Gasteiger partial charge on any atom is -0.364 e. The molecule has 1 rings (SSSR count). The molecule has 0 saturated carbocycles. The lowest BCUT2D eigenvalue weighted by atomic mass is 10.1. The normalized spacial score (nSPS) is 28.6.